The normalized spacial score (nSPS) is 25.6. The zero-order valence-corrected chi connectivity index (χ0v) is 37.1. The number of hydroxylamine groups is 2. The van der Waals surface area contributed by atoms with Gasteiger partial charge in [-0.05, 0) is 69.2 Å². The highest BCUT2D eigenvalue weighted by Crippen LogP contribution is 2.58. The summed E-state index contributed by atoms with van der Waals surface area (Å²) in [6, 6.07) is 13.3. The molecule has 2 unspecified atom stereocenters. The van der Waals surface area contributed by atoms with Gasteiger partial charge in [-0.3, -0.25) is 24.0 Å². The quantitative estimate of drug-likeness (QED) is 0.0780. The zero-order valence-electron chi connectivity index (χ0n) is 37.1. The van der Waals surface area contributed by atoms with E-state index in [0.717, 1.165) is 55.2 Å². The highest BCUT2D eigenvalue weighted by Gasteiger charge is 2.76. The molecule has 4 fully saturated rings. The number of carbonyl (C=O) groups excluding carboxylic acids is 4. The highest BCUT2D eigenvalue weighted by molar-refractivity contribution is 5.94. The van der Waals surface area contributed by atoms with E-state index in [2.05, 4.69) is 24.5 Å². The van der Waals surface area contributed by atoms with E-state index >= 15 is 0 Å². The molecule has 2 amide bonds. The molecule has 14 heteroatoms. The van der Waals surface area contributed by atoms with Gasteiger partial charge in [0.15, 0.2) is 11.8 Å². The minimum Gasteiger partial charge on any atom is -0.508 e. The summed E-state index contributed by atoms with van der Waals surface area (Å²) in [5, 5.41) is 27.3. The Hall–Kier alpha value is -4.34. The number of hydrogen-bond donors (Lipinski definition) is 4. The van der Waals surface area contributed by atoms with Crippen LogP contribution in [0.4, 0.5) is 0 Å². The number of benzene rings is 2. The molecule has 4 aliphatic rings. The molecule has 3 aliphatic heterocycles. The third-order valence-corrected chi connectivity index (χ3v) is 12.3. The van der Waals surface area contributed by atoms with Gasteiger partial charge in [0.25, 0.3) is 0 Å². The highest BCUT2D eigenvalue weighted by atomic mass is 16.8. The van der Waals surface area contributed by atoms with Crippen LogP contribution in [0.5, 0.6) is 5.75 Å². The smallest absolute Gasteiger partial charge is 0.327 e. The fourth-order valence-corrected chi connectivity index (χ4v) is 9.26. The number of phenols is 1. The first-order valence-corrected chi connectivity index (χ1v) is 22.6. The van der Waals surface area contributed by atoms with Crippen molar-refractivity contribution in [1.29, 1.82) is 0 Å². The molecule has 340 valence electrons. The Morgan fingerprint density at radius 2 is 1.66 bits per heavy atom. The summed E-state index contributed by atoms with van der Waals surface area (Å²) in [6.45, 7) is 9.38. The lowest BCUT2D eigenvalue weighted by Crippen LogP contribution is -2.69. The molecule has 2 aromatic carbocycles. The Balaban J connectivity index is 1.19. The van der Waals surface area contributed by atoms with Crippen molar-refractivity contribution >= 4 is 29.8 Å². The molecular weight excluding hydrogens is 795 g/mol. The number of aliphatic hydroxyl groups excluding tert-OH is 1. The van der Waals surface area contributed by atoms with Gasteiger partial charge in [0.05, 0.1) is 19.2 Å². The molecule has 2 aromatic rings. The first-order valence-electron chi connectivity index (χ1n) is 22.6. The van der Waals surface area contributed by atoms with Crippen LogP contribution in [0.1, 0.15) is 128 Å². The first-order chi connectivity index (χ1) is 29.7. The van der Waals surface area contributed by atoms with Gasteiger partial charge in [0.2, 0.25) is 11.8 Å². The number of para-hydroxylation sites is 1. The third kappa shape index (κ3) is 11.2. The number of ether oxygens (including phenoxy) is 4. The van der Waals surface area contributed by atoms with E-state index in [1.807, 2.05) is 48.6 Å². The lowest BCUT2D eigenvalue weighted by molar-refractivity contribution is -0.224. The van der Waals surface area contributed by atoms with Crippen LogP contribution in [0.3, 0.4) is 0 Å². The molecule has 0 spiro atoms. The number of aromatic hydroxyl groups is 1. The molecule has 0 radical (unpaired) electrons. The summed E-state index contributed by atoms with van der Waals surface area (Å²) in [5.41, 5.74) is 0.580. The number of aliphatic hydroxyl groups is 1. The van der Waals surface area contributed by atoms with E-state index in [4.69, 9.17) is 23.8 Å². The second kappa shape index (κ2) is 20.9. The number of carbonyl (C=O) groups is 4. The molecule has 6 rings (SSSR count). The molecule has 3 saturated heterocycles. The van der Waals surface area contributed by atoms with Crippen LogP contribution in [0, 0.1) is 5.41 Å². The fourth-order valence-electron chi connectivity index (χ4n) is 9.26. The number of esters is 2. The predicted octanol–water partition coefficient (Wildman–Crippen LogP) is 6.19. The van der Waals surface area contributed by atoms with Crippen LogP contribution < -0.4 is 10.6 Å². The predicted molar refractivity (Wildman–Crippen MR) is 231 cm³/mol. The van der Waals surface area contributed by atoms with Crippen LogP contribution in [0.15, 0.2) is 54.6 Å². The summed E-state index contributed by atoms with van der Waals surface area (Å²) in [6.07, 6.45) is 9.11. The van der Waals surface area contributed by atoms with Crippen molar-refractivity contribution in [2.45, 2.75) is 173 Å². The molecule has 3 heterocycles. The van der Waals surface area contributed by atoms with Crippen molar-refractivity contribution < 1.29 is 53.2 Å². The van der Waals surface area contributed by atoms with Gasteiger partial charge in [-0.25, -0.2) is 0 Å². The molecule has 7 atom stereocenters. The molecule has 0 aromatic heterocycles. The number of phenolic OH excluding ortho intramolecular Hbond substituents is 1. The summed E-state index contributed by atoms with van der Waals surface area (Å²) >= 11 is 0. The number of hydrogen-bond acceptors (Lipinski definition) is 12. The van der Waals surface area contributed by atoms with Crippen LogP contribution >= 0.6 is 0 Å². The average molecular weight is 862 g/mol. The van der Waals surface area contributed by atoms with E-state index in [-0.39, 0.29) is 51.1 Å². The summed E-state index contributed by atoms with van der Waals surface area (Å²) < 4.78 is 25.4. The third-order valence-electron chi connectivity index (χ3n) is 12.3. The first kappa shape index (κ1) is 47.1. The Morgan fingerprint density at radius 1 is 0.968 bits per heavy atom. The van der Waals surface area contributed by atoms with Gasteiger partial charge in [-0.2, -0.15) is 5.06 Å². The number of allylic oxidation sites excluding steroid dienone is 1. The van der Waals surface area contributed by atoms with Crippen molar-refractivity contribution in [3.63, 3.8) is 0 Å². The maximum absolute atomic E-state index is 14.8. The lowest BCUT2D eigenvalue weighted by Gasteiger charge is -2.48. The molecule has 62 heavy (non-hydrogen) atoms. The molecule has 4 N–H and O–H groups in total. The van der Waals surface area contributed by atoms with Gasteiger partial charge in [0.1, 0.15) is 41.2 Å². The second-order valence-electron chi connectivity index (χ2n) is 18.3. The van der Waals surface area contributed by atoms with Crippen molar-refractivity contribution in [3.8, 4) is 5.75 Å². The van der Waals surface area contributed by atoms with E-state index in [1.54, 1.807) is 38.0 Å². The standard InChI is InChI=1S/C48H67N3O11/c1-6-8-12-26-47(27-13-9-7-2)60-40-37-29-48(45(57)49-28-25-38(54)50-35(31-52)23-24-39(55)59-46(3,4)5)42(44(56)58-37)51(62-43(48)41(40)61-47)30-33-21-19-32(20-22-33)15-14-17-34-16-10-11-18-36(34)53/h10-11,14-16,18-22,35,37,40-43,52-53H,6-9,12-13,17,23-31H2,1-5H3,(H,49,57)(H,50,54)/t35-,37?,40-,41-,42-,43+,48?/m0/s1. The van der Waals surface area contributed by atoms with Crippen LogP contribution in [-0.2, 0) is 55.9 Å². The van der Waals surface area contributed by atoms with Crippen molar-refractivity contribution in [2.75, 3.05) is 13.2 Å². The summed E-state index contributed by atoms with van der Waals surface area (Å²) in [4.78, 5) is 61.0. The molecule has 1 saturated carbocycles. The van der Waals surface area contributed by atoms with E-state index < -0.39 is 77.1 Å². The topological polar surface area (TPSA) is 182 Å². The largest absolute Gasteiger partial charge is 0.508 e. The van der Waals surface area contributed by atoms with Crippen molar-refractivity contribution in [2.24, 2.45) is 5.41 Å². The number of unbranched alkanes of at least 4 members (excludes halogenated alkanes) is 4. The average Bonchev–Trinajstić information content (AvgIpc) is 3.78. The van der Waals surface area contributed by atoms with E-state index in [1.165, 1.54) is 0 Å². The fraction of sp³-hybridized carbons (Fsp3) is 0.625. The number of rotatable bonds is 22. The van der Waals surface area contributed by atoms with E-state index in [0.29, 0.717) is 19.3 Å². The Morgan fingerprint density at radius 3 is 2.32 bits per heavy atom. The Kier molecular flexibility index (Phi) is 15.9. The van der Waals surface area contributed by atoms with Crippen LogP contribution in [0.2, 0.25) is 0 Å². The number of nitrogens with one attached hydrogen (secondary N) is 2. The van der Waals surface area contributed by atoms with Gasteiger partial charge in [-0.1, -0.05) is 94.1 Å². The SMILES string of the molecule is CCCCCC1(CCCCC)O[C@@H]2[C@H]3ON(Cc4ccc(C=CCc5ccccc5O)cc4)[C@H]4C(=O)OC(CC34C(=O)NCCC(=O)N[C@H](CO)CCC(=O)OC(C)(C)C)[C@@H]2O1. The molecule has 2 bridgehead atoms. The minimum atomic E-state index is -1.41. The van der Waals surface area contributed by atoms with Gasteiger partial charge in [0, 0.05) is 38.6 Å². The van der Waals surface area contributed by atoms with Crippen LogP contribution in [-0.4, -0.2) is 100 Å². The Bertz CT molecular complexity index is 1870. The summed E-state index contributed by atoms with van der Waals surface area (Å²) in [5.74, 6) is -2.50. The molecule has 1 aliphatic carbocycles. The van der Waals surface area contributed by atoms with Crippen LogP contribution in [0.25, 0.3) is 6.08 Å². The number of amides is 2. The van der Waals surface area contributed by atoms with E-state index in [9.17, 15) is 29.4 Å². The Labute approximate surface area is 366 Å². The monoisotopic (exact) mass is 861 g/mol. The van der Waals surface area contributed by atoms with Crippen molar-refractivity contribution in [1.82, 2.24) is 15.7 Å². The molecule has 14 nitrogen and oxygen atoms in total. The number of fused-ring (bicyclic) bond motifs is 4. The minimum absolute atomic E-state index is 0.0209. The maximum Gasteiger partial charge on any atom is 0.327 e. The lowest BCUT2D eigenvalue weighted by atomic mass is 9.62. The number of nitrogens with zero attached hydrogens (tertiary/aromatic N) is 1. The van der Waals surface area contributed by atoms with Gasteiger partial charge in [-0.15, -0.1) is 0 Å². The van der Waals surface area contributed by atoms with Crippen molar-refractivity contribution in [3.05, 3.63) is 71.3 Å². The molecular formula is C48H67N3O11. The van der Waals surface area contributed by atoms with Gasteiger partial charge < -0.3 is 39.8 Å². The second-order valence-corrected chi connectivity index (χ2v) is 18.3. The maximum atomic E-state index is 14.8. The van der Waals surface area contributed by atoms with Gasteiger partial charge >= 0.3 is 11.9 Å². The summed E-state index contributed by atoms with van der Waals surface area (Å²) in [7, 11) is 0. The zero-order chi connectivity index (χ0) is 44.5.